The van der Waals surface area contributed by atoms with Gasteiger partial charge in [0, 0.05) is 7.05 Å². The number of nitrogens with zero attached hydrogens (tertiary/aromatic N) is 3. The molecule has 0 atom stereocenters. The molecule has 0 amide bonds. The zero-order valence-electron chi connectivity index (χ0n) is 9.74. The van der Waals surface area contributed by atoms with Gasteiger partial charge < -0.3 is 20.8 Å². The van der Waals surface area contributed by atoms with Crippen LogP contribution in [-0.2, 0) is 0 Å². The number of hydrogen-bond donors (Lipinski definition) is 4. The number of hydrogen-bond acceptors (Lipinski definition) is 7. The molecule has 0 radical (unpaired) electrons. The van der Waals surface area contributed by atoms with E-state index in [1.54, 1.807) is 7.05 Å². The Kier molecular flexibility index (Phi) is 4.86. The van der Waals surface area contributed by atoms with E-state index in [0.29, 0.717) is 12.4 Å². The fourth-order valence-corrected chi connectivity index (χ4v) is 1.36. The molecular formula is C9H16ClN5O2. The van der Waals surface area contributed by atoms with Gasteiger partial charge in [-0.15, -0.1) is 0 Å². The van der Waals surface area contributed by atoms with Crippen molar-refractivity contribution >= 4 is 23.5 Å². The monoisotopic (exact) mass is 261 g/mol. The first-order valence-electron chi connectivity index (χ1n) is 5.18. The molecule has 0 saturated carbocycles. The van der Waals surface area contributed by atoms with Crippen LogP contribution in [0.4, 0.5) is 11.9 Å². The molecule has 0 spiro atoms. The lowest BCUT2D eigenvalue weighted by molar-refractivity contribution is 0.132. The number of nitrogens with one attached hydrogen (secondary N) is 2. The van der Waals surface area contributed by atoms with E-state index >= 15 is 0 Å². The Bertz CT molecular complexity index is 364. The fourth-order valence-electron chi connectivity index (χ4n) is 1.20. The number of aromatic nitrogens is 3. The molecule has 96 valence electrons. The normalized spacial score (nSPS) is 11.4. The molecule has 0 fully saturated rings. The first-order chi connectivity index (χ1) is 8.09. The largest absolute Gasteiger partial charge is 0.394 e. The highest BCUT2D eigenvalue weighted by molar-refractivity contribution is 6.28. The summed E-state index contributed by atoms with van der Waals surface area (Å²) in [5, 5.41) is 24.2. The van der Waals surface area contributed by atoms with Crippen LogP contribution in [0.3, 0.4) is 0 Å². The van der Waals surface area contributed by atoms with Crippen molar-refractivity contribution < 1.29 is 10.2 Å². The van der Waals surface area contributed by atoms with E-state index in [2.05, 4.69) is 25.6 Å². The second kappa shape index (κ2) is 5.95. The first kappa shape index (κ1) is 13.9. The Morgan fingerprint density at radius 2 is 1.76 bits per heavy atom. The van der Waals surface area contributed by atoms with Crippen LogP contribution >= 0.6 is 11.6 Å². The van der Waals surface area contributed by atoms with E-state index < -0.39 is 5.54 Å². The zero-order chi connectivity index (χ0) is 12.9. The molecule has 7 nitrogen and oxygen atoms in total. The van der Waals surface area contributed by atoms with Gasteiger partial charge in [-0.05, 0) is 18.0 Å². The number of aliphatic hydroxyl groups is 2. The molecule has 0 aliphatic carbocycles. The van der Waals surface area contributed by atoms with Crippen molar-refractivity contribution in [3.63, 3.8) is 0 Å². The molecule has 0 aliphatic rings. The highest BCUT2D eigenvalue weighted by atomic mass is 35.5. The van der Waals surface area contributed by atoms with Crippen molar-refractivity contribution in [2.45, 2.75) is 18.9 Å². The van der Waals surface area contributed by atoms with Gasteiger partial charge in [0.15, 0.2) is 0 Å². The quantitative estimate of drug-likeness (QED) is 0.576. The van der Waals surface area contributed by atoms with Crippen molar-refractivity contribution in [1.82, 2.24) is 15.0 Å². The molecule has 0 saturated heterocycles. The van der Waals surface area contributed by atoms with Crippen molar-refractivity contribution in [3.05, 3.63) is 5.28 Å². The van der Waals surface area contributed by atoms with Crippen molar-refractivity contribution in [3.8, 4) is 0 Å². The van der Waals surface area contributed by atoms with Crippen LogP contribution in [0.5, 0.6) is 0 Å². The van der Waals surface area contributed by atoms with E-state index in [1.165, 1.54) is 0 Å². The smallest absolute Gasteiger partial charge is 0.229 e. The molecule has 0 unspecified atom stereocenters. The van der Waals surface area contributed by atoms with Crippen molar-refractivity contribution in [1.29, 1.82) is 0 Å². The SMILES string of the molecule is CCC(CO)(CO)Nc1nc(Cl)nc(NC)n1. The van der Waals surface area contributed by atoms with Gasteiger partial charge in [-0.3, -0.25) is 0 Å². The first-order valence-corrected chi connectivity index (χ1v) is 5.56. The Morgan fingerprint density at radius 1 is 1.18 bits per heavy atom. The average Bonchev–Trinajstić information content (AvgIpc) is 2.35. The van der Waals surface area contributed by atoms with Crippen molar-refractivity contribution in [2.75, 3.05) is 30.9 Å². The Morgan fingerprint density at radius 3 is 2.24 bits per heavy atom. The molecule has 1 heterocycles. The van der Waals surface area contributed by atoms with Crippen LogP contribution in [0.25, 0.3) is 0 Å². The molecule has 0 bridgehead atoms. The van der Waals surface area contributed by atoms with Gasteiger partial charge in [-0.2, -0.15) is 15.0 Å². The minimum atomic E-state index is -0.865. The topological polar surface area (TPSA) is 103 Å². The summed E-state index contributed by atoms with van der Waals surface area (Å²) in [4.78, 5) is 11.7. The van der Waals surface area contributed by atoms with Crippen LogP contribution in [-0.4, -0.2) is 51.0 Å². The molecule has 4 N–H and O–H groups in total. The molecule has 1 aromatic rings. The zero-order valence-corrected chi connectivity index (χ0v) is 10.5. The second-order valence-electron chi connectivity index (χ2n) is 3.58. The van der Waals surface area contributed by atoms with E-state index in [0.717, 1.165) is 0 Å². The molecule has 1 aromatic heterocycles. The van der Waals surface area contributed by atoms with E-state index in [9.17, 15) is 10.2 Å². The number of aliphatic hydroxyl groups excluding tert-OH is 2. The summed E-state index contributed by atoms with van der Waals surface area (Å²) >= 11 is 5.72. The minimum Gasteiger partial charge on any atom is -0.394 e. The van der Waals surface area contributed by atoms with Crippen LogP contribution < -0.4 is 10.6 Å². The average molecular weight is 262 g/mol. The van der Waals surface area contributed by atoms with Crippen LogP contribution in [0.1, 0.15) is 13.3 Å². The third kappa shape index (κ3) is 3.39. The summed E-state index contributed by atoms with van der Waals surface area (Å²) in [5.74, 6) is 0.521. The second-order valence-corrected chi connectivity index (χ2v) is 3.91. The van der Waals surface area contributed by atoms with E-state index in [-0.39, 0.29) is 24.4 Å². The standard InChI is InChI=1S/C9H16ClN5O2/c1-3-9(4-16,5-17)15-8-13-6(10)12-7(11-2)14-8/h16-17H,3-5H2,1-2H3,(H2,11,12,13,14,15). The van der Waals surface area contributed by atoms with Gasteiger partial charge >= 0.3 is 0 Å². The fraction of sp³-hybridized carbons (Fsp3) is 0.667. The Balaban J connectivity index is 2.96. The molecule has 8 heteroatoms. The molecule has 17 heavy (non-hydrogen) atoms. The van der Waals surface area contributed by atoms with Gasteiger partial charge in [-0.1, -0.05) is 6.92 Å². The van der Waals surface area contributed by atoms with E-state index in [1.807, 2.05) is 6.92 Å². The number of halogens is 1. The predicted octanol–water partition coefficient (Wildman–Crippen LogP) is 0.112. The molecule has 0 aliphatic heterocycles. The van der Waals surface area contributed by atoms with Gasteiger partial charge in [-0.25, -0.2) is 0 Å². The lowest BCUT2D eigenvalue weighted by Gasteiger charge is -2.29. The molecule has 0 aromatic carbocycles. The summed E-state index contributed by atoms with van der Waals surface area (Å²) in [6, 6.07) is 0. The number of rotatable bonds is 6. The summed E-state index contributed by atoms with van der Waals surface area (Å²) in [6.07, 6.45) is 0.512. The van der Waals surface area contributed by atoms with Gasteiger partial charge in [0.1, 0.15) is 0 Å². The maximum absolute atomic E-state index is 9.29. The summed E-state index contributed by atoms with van der Waals surface area (Å²) in [6.45, 7) is 1.36. The van der Waals surface area contributed by atoms with Crippen molar-refractivity contribution in [2.24, 2.45) is 0 Å². The minimum absolute atomic E-state index is 0.0349. The van der Waals surface area contributed by atoms with Gasteiger partial charge in [0.2, 0.25) is 17.2 Å². The van der Waals surface area contributed by atoms with Gasteiger partial charge in [0.05, 0.1) is 18.8 Å². The predicted molar refractivity (Wildman–Crippen MR) is 65.2 cm³/mol. The van der Waals surface area contributed by atoms with Crippen LogP contribution in [0.2, 0.25) is 5.28 Å². The maximum atomic E-state index is 9.29. The highest BCUT2D eigenvalue weighted by Crippen LogP contribution is 2.17. The van der Waals surface area contributed by atoms with Crippen LogP contribution in [0.15, 0.2) is 0 Å². The van der Waals surface area contributed by atoms with E-state index in [4.69, 9.17) is 11.6 Å². The Labute approximate surface area is 104 Å². The lowest BCUT2D eigenvalue weighted by Crippen LogP contribution is -2.45. The van der Waals surface area contributed by atoms with Gasteiger partial charge in [0.25, 0.3) is 0 Å². The summed E-state index contributed by atoms with van der Waals surface area (Å²) in [7, 11) is 1.65. The number of anilines is 2. The Hall–Kier alpha value is -1.18. The summed E-state index contributed by atoms with van der Waals surface area (Å²) in [5.41, 5.74) is -0.865. The highest BCUT2D eigenvalue weighted by Gasteiger charge is 2.27. The maximum Gasteiger partial charge on any atom is 0.229 e. The molecular weight excluding hydrogens is 246 g/mol. The summed E-state index contributed by atoms with van der Waals surface area (Å²) < 4.78 is 0. The lowest BCUT2D eigenvalue weighted by atomic mass is 9.99. The molecule has 1 rings (SSSR count). The van der Waals surface area contributed by atoms with Crippen LogP contribution in [0, 0.1) is 0 Å². The third-order valence-electron chi connectivity index (χ3n) is 2.49. The third-order valence-corrected chi connectivity index (χ3v) is 2.66.